The number of alkyl halides is 3. The number of sulfone groups is 1. The molecule has 0 spiro atoms. The standard InChI is InChI=1S/C16H14N4O2S3.C2HF3O2/c1-23-16-14(6-13(24-16)15(17)18)25(21,22)12-4-2-3-10(5-12)11-7-19-9-20-8-11;3-2(4,5)1(6)7/h2-9H,1H3,(H3,17,18);(H,6,7). The lowest BCUT2D eigenvalue weighted by molar-refractivity contribution is -0.192. The zero-order valence-electron chi connectivity index (χ0n) is 16.1. The number of hydrogen-bond acceptors (Lipinski definition) is 8. The highest BCUT2D eigenvalue weighted by Crippen LogP contribution is 2.37. The highest BCUT2D eigenvalue weighted by molar-refractivity contribution is 8.01. The summed E-state index contributed by atoms with van der Waals surface area (Å²) in [6, 6.07) is 8.11. The van der Waals surface area contributed by atoms with Crippen molar-refractivity contribution in [2.75, 3.05) is 6.26 Å². The van der Waals surface area contributed by atoms with Crippen molar-refractivity contribution in [2.45, 2.75) is 20.2 Å². The summed E-state index contributed by atoms with van der Waals surface area (Å²) in [7, 11) is -3.73. The monoisotopic (exact) mass is 504 g/mol. The average Bonchev–Trinajstić information content (AvgIpc) is 3.20. The van der Waals surface area contributed by atoms with E-state index >= 15 is 0 Å². The molecule has 0 saturated carbocycles. The van der Waals surface area contributed by atoms with Crippen LogP contribution < -0.4 is 5.73 Å². The Morgan fingerprint density at radius 3 is 2.28 bits per heavy atom. The molecule has 0 saturated heterocycles. The van der Waals surface area contributed by atoms with Gasteiger partial charge in [0.15, 0.2) is 0 Å². The molecule has 2 aromatic heterocycles. The summed E-state index contributed by atoms with van der Waals surface area (Å²) in [5.74, 6) is -2.90. The average molecular weight is 505 g/mol. The third-order valence-electron chi connectivity index (χ3n) is 3.69. The van der Waals surface area contributed by atoms with E-state index in [2.05, 4.69) is 9.97 Å². The number of thioether (sulfide) groups is 1. The number of thiophene rings is 1. The van der Waals surface area contributed by atoms with Gasteiger partial charge < -0.3 is 10.8 Å². The van der Waals surface area contributed by atoms with E-state index in [1.165, 1.54) is 35.5 Å². The molecule has 0 aliphatic heterocycles. The van der Waals surface area contributed by atoms with Gasteiger partial charge in [0, 0.05) is 18.0 Å². The van der Waals surface area contributed by atoms with Crippen LogP contribution in [0.3, 0.4) is 0 Å². The molecule has 170 valence electrons. The van der Waals surface area contributed by atoms with Gasteiger partial charge in [0.05, 0.1) is 18.9 Å². The van der Waals surface area contributed by atoms with E-state index in [0.717, 1.165) is 11.1 Å². The molecule has 0 aliphatic carbocycles. The first kappa shape index (κ1) is 25.3. The quantitative estimate of drug-likeness (QED) is 0.271. The summed E-state index contributed by atoms with van der Waals surface area (Å²) in [5, 5.41) is 14.7. The van der Waals surface area contributed by atoms with Gasteiger partial charge in [-0.1, -0.05) is 12.1 Å². The maximum Gasteiger partial charge on any atom is 0.490 e. The van der Waals surface area contributed by atoms with Crippen molar-refractivity contribution in [1.29, 1.82) is 5.41 Å². The number of nitrogens with two attached hydrogens (primary N) is 1. The minimum atomic E-state index is -5.08. The first-order valence-electron chi connectivity index (χ1n) is 8.30. The van der Waals surface area contributed by atoms with E-state index < -0.39 is 22.0 Å². The summed E-state index contributed by atoms with van der Waals surface area (Å²) in [4.78, 5) is 17.6. The van der Waals surface area contributed by atoms with E-state index in [0.29, 0.717) is 9.09 Å². The van der Waals surface area contributed by atoms with Crippen LogP contribution in [0.2, 0.25) is 0 Å². The fraction of sp³-hybridized carbons (Fsp3) is 0.111. The second kappa shape index (κ2) is 10.1. The van der Waals surface area contributed by atoms with Crippen LogP contribution in [0.1, 0.15) is 4.88 Å². The Balaban J connectivity index is 0.000000451. The number of halogens is 3. The SMILES string of the molecule is CSc1sc(C(=N)N)cc1S(=O)(=O)c1cccc(-c2cncnc2)c1.O=C(O)C(F)(F)F. The third-order valence-corrected chi connectivity index (χ3v) is 8.02. The first-order chi connectivity index (χ1) is 14.9. The van der Waals surface area contributed by atoms with Crippen LogP contribution in [0.25, 0.3) is 11.1 Å². The second-order valence-electron chi connectivity index (χ2n) is 5.84. The number of nitrogens with one attached hydrogen (secondary N) is 1. The van der Waals surface area contributed by atoms with Crippen molar-refractivity contribution in [3.63, 3.8) is 0 Å². The number of aromatic nitrogens is 2. The number of aliphatic carboxylic acids is 1. The Morgan fingerprint density at radius 1 is 1.19 bits per heavy atom. The molecule has 0 atom stereocenters. The van der Waals surface area contributed by atoms with E-state index in [9.17, 15) is 21.6 Å². The molecule has 2 heterocycles. The lowest BCUT2D eigenvalue weighted by atomic mass is 10.1. The smallest absolute Gasteiger partial charge is 0.475 e. The van der Waals surface area contributed by atoms with Gasteiger partial charge in [-0.15, -0.1) is 23.1 Å². The van der Waals surface area contributed by atoms with Gasteiger partial charge in [-0.2, -0.15) is 13.2 Å². The van der Waals surface area contributed by atoms with Crippen LogP contribution >= 0.6 is 23.1 Å². The molecule has 0 aliphatic rings. The van der Waals surface area contributed by atoms with E-state index in [4.69, 9.17) is 21.0 Å². The minimum absolute atomic E-state index is 0.142. The second-order valence-corrected chi connectivity index (χ2v) is 9.89. The molecule has 4 N–H and O–H groups in total. The summed E-state index contributed by atoms with van der Waals surface area (Å²) < 4.78 is 58.5. The molecule has 0 fully saturated rings. The van der Waals surface area contributed by atoms with Crippen LogP contribution in [0, 0.1) is 5.41 Å². The number of carboxylic acids is 1. The summed E-state index contributed by atoms with van der Waals surface area (Å²) >= 11 is 2.53. The van der Waals surface area contributed by atoms with Crippen molar-refractivity contribution >= 4 is 44.7 Å². The van der Waals surface area contributed by atoms with Gasteiger partial charge in [-0.25, -0.2) is 23.2 Å². The molecule has 14 heteroatoms. The number of hydrogen-bond donors (Lipinski definition) is 3. The molecule has 0 unspecified atom stereocenters. The van der Waals surface area contributed by atoms with Crippen LogP contribution in [0.4, 0.5) is 13.2 Å². The van der Waals surface area contributed by atoms with Crippen LogP contribution in [0.15, 0.2) is 63.1 Å². The fourth-order valence-electron chi connectivity index (χ4n) is 2.24. The van der Waals surface area contributed by atoms with Crippen LogP contribution in [-0.4, -0.2) is 47.7 Å². The van der Waals surface area contributed by atoms with E-state index in [1.54, 1.807) is 36.8 Å². The van der Waals surface area contributed by atoms with Crippen molar-refractivity contribution in [2.24, 2.45) is 5.73 Å². The topological polar surface area (TPSA) is 147 Å². The largest absolute Gasteiger partial charge is 0.490 e. The Hall–Kier alpha value is -2.97. The van der Waals surface area contributed by atoms with Gasteiger partial charge >= 0.3 is 12.1 Å². The lowest BCUT2D eigenvalue weighted by Crippen LogP contribution is -2.21. The first-order valence-corrected chi connectivity index (χ1v) is 11.8. The number of benzene rings is 1. The van der Waals surface area contributed by atoms with Gasteiger partial charge in [0.1, 0.15) is 12.2 Å². The Kier molecular flexibility index (Phi) is 7.98. The summed E-state index contributed by atoms with van der Waals surface area (Å²) in [6.07, 6.45) is 1.39. The zero-order valence-corrected chi connectivity index (χ0v) is 18.6. The maximum absolute atomic E-state index is 13.1. The Morgan fingerprint density at radius 2 is 1.78 bits per heavy atom. The predicted octanol–water partition coefficient (Wildman–Crippen LogP) is 3.68. The van der Waals surface area contributed by atoms with Crippen molar-refractivity contribution in [3.05, 3.63) is 53.9 Å². The fourth-order valence-corrected chi connectivity index (χ4v) is 6.14. The zero-order chi connectivity index (χ0) is 24.1. The van der Waals surface area contributed by atoms with Crippen molar-refractivity contribution < 1.29 is 31.5 Å². The molecule has 3 aromatic rings. The number of nitrogens with zero attached hydrogens (tertiary/aromatic N) is 2. The molecule has 3 rings (SSSR count). The molecular weight excluding hydrogens is 489 g/mol. The number of nitrogen functional groups attached to an aromatic ring is 1. The summed E-state index contributed by atoms with van der Waals surface area (Å²) in [6.45, 7) is 0. The van der Waals surface area contributed by atoms with E-state index in [1.807, 2.05) is 6.07 Å². The highest BCUT2D eigenvalue weighted by atomic mass is 32.2. The van der Waals surface area contributed by atoms with Crippen molar-refractivity contribution in [3.8, 4) is 11.1 Å². The summed E-state index contributed by atoms with van der Waals surface area (Å²) in [5.41, 5.74) is 6.96. The van der Waals surface area contributed by atoms with Crippen LogP contribution in [-0.2, 0) is 14.6 Å². The van der Waals surface area contributed by atoms with Crippen LogP contribution in [0.5, 0.6) is 0 Å². The van der Waals surface area contributed by atoms with Gasteiger partial charge in [-0.05, 0) is 30.0 Å². The van der Waals surface area contributed by atoms with E-state index in [-0.39, 0.29) is 15.6 Å². The number of carboxylic acid groups (broad SMARTS) is 1. The Bertz CT molecular complexity index is 1230. The molecule has 32 heavy (non-hydrogen) atoms. The van der Waals surface area contributed by atoms with Gasteiger partial charge in [0.25, 0.3) is 0 Å². The number of amidine groups is 1. The Labute approximate surface area is 188 Å². The van der Waals surface area contributed by atoms with Crippen molar-refractivity contribution in [1.82, 2.24) is 9.97 Å². The normalized spacial score (nSPS) is 11.4. The predicted molar refractivity (Wildman–Crippen MR) is 114 cm³/mol. The van der Waals surface area contributed by atoms with Gasteiger partial charge in [0.2, 0.25) is 9.84 Å². The molecule has 0 amide bonds. The highest BCUT2D eigenvalue weighted by Gasteiger charge is 2.38. The lowest BCUT2D eigenvalue weighted by Gasteiger charge is -2.07. The number of carbonyl (C=O) groups is 1. The molecule has 0 bridgehead atoms. The molecule has 1 aromatic carbocycles. The minimum Gasteiger partial charge on any atom is -0.475 e. The molecular formula is C18H15F3N4O4S3. The molecule has 0 radical (unpaired) electrons. The maximum atomic E-state index is 13.1. The molecule has 8 nitrogen and oxygen atoms in total. The van der Waals surface area contributed by atoms with Gasteiger partial charge in [-0.3, -0.25) is 5.41 Å². The number of rotatable bonds is 5. The third kappa shape index (κ3) is 6.05.